The van der Waals surface area contributed by atoms with E-state index in [0.29, 0.717) is 41.7 Å². The van der Waals surface area contributed by atoms with Crippen molar-refractivity contribution in [3.8, 4) is 16.9 Å². The molecular weight excluding hydrogens is 535 g/mol. The van der Waals surface area contributed by atoms with Gasteiger partial charge in [0.25, 0.3) is 0 Å². The van der Waals surface area contributed by atoms with Crippen molar-refractivity contribution >= 4 is 29.0 Å². The number of fused-ring (bicyclic) bond motifs is 1. The summed E-state index contributed by atoms with van der Waals surface area (Å²) in [5.74, 6) is -0.585. The lowest BCUT2D eigenvalue weighted by atomic mass is 10.0. The Morgan fingerprint density at radius 1 is 1.12 bits per heavy atom. The van der Waals surface area contributed by atoms with E-state index in [9.17, 15) is 14.4 Å². The first-order valence-electron chi connectivity index (χ1n) is 13.9. The van der Waals surface area contributed by atoms with Gasteiger partial charge in [0, 0.05) is 42.5 Å². The van der Waals surface area contributed by atoms with Gasteiger partial charge < -0.3 is 9.80 Å². The van der Waals surface area contributed by atoms with Crippen molar-refractivity contribution in [3.63, 3.8) is 0 Å². The number of anilines is 1. The summed E-state index contributed by atoms with van der Waals surface area (Å²) in [4.78, 5) is 55.8. The van der Waals surface area contributed by atoms with E-state index in [4.69, 9.17) is 4.98 Å². The van der Waals surface area contributed by atoms with Crippen molar-refractivity contribution in [2.24, 2.45) is 0 Å². The molecule has 1 saturated heterocycles. The third kappa shape index (κ3) is 4.87. The number of piperazine rings is 1. The monoisotopic (exact) mass is 568 g/mol. The van der Waals surface area contributed by atoms with Crippen molar-refractivity contribution in [1.82, 2.24) is 24.4 Å². The number of benzene rings is 1. The number of carbonyl (C=O) groups excluding carboxylic acids is 2. The number of aromatic nitrogens is 4. The molecule has 4 heterocycles. The lowest BCUT2D eigenvalue weighted by Gasteiger charge is -2.45. The lowest BCUT2D eigenvalue weighted by Crippen LogP contribution is -2.58. The second-order valence-electron chi connectivity index (χ2n) is 11.0. The topological polar surface area (TPSA) is 101 Å². The van der Waals surface area contributed by atoms with Gasteiger partial charge in [0.05, 0.1) is 16.8 Å². The van der Waals surface area contributed by atoms with E-state index in [1.165, 1.54) is 16.7 Å². The van der Waals surface area contributed by atoms with Gasteiger partial charge in [-0.1, -0.05) is 44.7 Å². The average molecular weight is 569 g/mol. The molecule has 2 atom stereocenters. The van der Waals surface area contributed by atoms with Gasteiger partial charge in [-0.3, -0.25) is 14.6 Å². The van der Waals surface area contributed by atoms with Crippen LogP contribution in [0.25, 0.3) is 28.0 Å². The summed E-state index contributed by atoms with van der Waals surface area (Å²) < 4.78 is 17.4. The summed E-state index contributed by atoms with van der Waals surface area (Å²) in [7, 11) is 0. The number of pyridine rings is 2. The first kappa shape index (κ1) is 28.8. The van der Waals surface area contributed by atoms with E-state index < -0.39 is 11.5 Å². The Balaban J connectivity index is 1.85. The van der Waals surface area contributed by atoms with Gasteiger partial charge in [-0.2, -0.15) is 4.98 Å². The molecule has 0 aliphatic carbocycles. The molecule has 3 aromatic heterocycles. The molecule has 0 unspecified atom stereocenters. The Bertz CT molecular complexity index is 1770. The van der Waals surface area contributed by atoms with E-state index in [1.807, 2.05) is 39.5 Å². The molecule has 5 rings (SSSR count). The molecule has 0 saturated carbocycles. The number of hydrogen-bond donors (Lipinski definition) is 0. The van der Waals surface area contributed by atoms with Gasteiger partial charge in [-0.15, -0.1) is 0 Å². The molecular formula is C32H33FN6O3. The molecule has 216 valence electrons. The second-order valence-corrected chi connectivity index (χ2v) is 11.0. The third-order valence-corrected chi connectivity index (χ3v) is 7.72. The van der Waals surface area contributed by atoms with E-state index in [0.717, 1.165) is 5.56 Å². The average Bonchev–Trinajstić information content (AvgIpc) is 2.96. The van der Waals surface area contributed by atoms with Crippen molar-refractivity contribution < 1.29 is 14.0 Å². The zero-order valence-corrected chi connectivity index (χ0v) is 24.3. The SMILES string of the molecule is C=CC(=O)N1C[C@H](C)N(c2nc(=O)n(-c3c(C)ccnc3C(C)C)c3nc(-c4ccccc4C=O)c(F)cc23)[C@@H](C)C1. The minimum Gasteiger partial charge on any atom is -0.347 e. The number of amides is 1. The number of aldehydes is 1. The van der Waals surface area contributed by atoms with Crippen LogP contribution >= 0.6 is 0 Å². The van der Waals surface area contributed by atoms with Crippen LogP contribution in [-0.2, 0) is 4.79 Å². The van der Waals surface area contributed by atoms with E-state index in [2.05, 4.69) is 16.5 Å². The molecule has 10 heteroatoms. The summed E-state index contributed by atoms with van der Waals surface area (Å²) in [6.07, 6.45) is 3.63. The number of rotatable bonds is 6. The molecule has 42 heavy (non-hydrogen) atoms. The fourth-order valence-electron chi connectivity index (χ4n) is 5.84. The lowest BCUT2D eigenvalue weighted by molar-refractivity contribution is -0.127. The van der Waals surface area contributed by atoms with Crippen molar-refractivity contribution in [3.05, 3.63) is 88.4 Å². The van der Waals surface area contributed by atoms with Gasteiger partial charge in [-0.05, 0) is 50.5 Å². The maximum atomic E-state index is 16.0. The van der Waals surface area contributed by atoms with E-state index in [-0.39, 0.29) is 46.6 Å². The number of hydrogen-bond acceptors (Lipinski definition) is 7. The number of aryl methyl sites for hydroxylation is 1. The molecule has 1 aliphatic heterocycles. The highest BCUT2D eigenvalue weighted by Crippen LogP contribution is 2.35. The van der Waals surface area contributed by atoms with Crippen LogP contribution in [0.2, 0.25) is 0 Å². The summed E-state index contributed by atoms with van der Waals surface area (Å²) in [6.45, 7) is 14.0. The first-order valence-corrected chi connectivity index (χ1v) is 13.9. The number of nitrogens with zero attached hydrogens (tertiary/aromatic N) is 6. The third-order valence-electron chi connectivity index (χ3n) is 7.72. The number of halogens is 1. The minimum atomic E-state index is -0.655. The molecule has 1 aromatic carbocycles. The molecule has 1 aliphatic rings. The molecule has 1 fully saturated rings. The van der Waals surface area contributed by atoms with Crippen LogP contribution in [0, 0.1) is 12.7 Å². The Kier molecular flexibility index (Phi) is 7.73. The van der Waals surface area contributed by atoms with Crippen LogP contribution in [0.4, 0.5) is 10.2 Å². The summed E-state index contributed by atoms with van der Waals surface area (Å²) in [5, 5.41) is 0.333. The summed E-state index contributed by atoms with van der Waals surface area (Å²) in [6, 6.07) is 9.26. The minimum absolute atomic E-state index is 0.0345. The van der Waals surface area contributed by atoms with E-state index >= 15 is 4.39 Å². The van der Waals surface area contributed by atoms with E-state index in [1.54, 1.807) is 41.4 Å². The van der Waals surface area contributed by atoms with Gasteiger partial charge in [0.1, 0.15) is 17.3 Å². The van der Waals surface area contributed by atoms with Gasteiger partial charge in [0.15, 0.2) is 11.9 Å². The standard InChI is InChI=1S/C32H33FN6O3/c1-7-26(41)37-15-20(5)38(21(6)16-37)31-24-14-25(33)28(23-11-9-8-10-22(23)17-40)35-30(24)39(32(42)36-31)29-19(4)12-13-34-27(29)18(2)3/h7-14,17-18,20-21H,1,15-16H2,2-6H3/t20-,21-/m0/s1. The van der Waals surface area contributed by atoms with Crippen LogP contribution in [0.5, 0.6) is 0 Å². The van der Waals surface area contributed by atoms with Crippen molar-refractivity contribution in [2.45, 2.75) is 52.6 Å². The molecule has 0 bridgehead atoms. The van der Waals surface area contributed by atoms with Crippen LogP contribution < -0.4 is 10.6 Å². The van der Waals surface area contributed by atoms with Gasteiger partial charge in [0.2, 0.25) is 5.91 Å². The predicted octanol–water partition coefficient (Wildman–Crippen LogP) is 4.84. The Labute approximate surface area is 243 Å². The Hall–Kier alpha value is -4.73. The van der Waals surface area contributed by atoms with Gasteiger partial charge >= 0.3 is 5.69 Å². The second kappa shape index (κ2) is 11.3. The molecule has 0 spiro atoms. The highest BCUT2D eigenvalue weighted by atomic mass is 19.1. The smallest absolute Gasteiger partial charge is 0.347 e. The van der Waals surface area contributed by atoms with Crippen LogP contribution in [0.15, 0.2) is 60.0 Å². The van der Waals surface area contributed by atoms with Crippen LogP contribution in [-0.4, -0.2) is 61.8 Å². The maximum Gasteiger partial charge on any atom is 0.355 e. The highest BCUT2D eigenvalue weighted by molar-refractivity contribution is 5.93. The fourth-order valence-corrected chi connectivity index (χ4v) is 5.84. The molecule has 4 aromatic rings. The quantitative estimate of drug-likeness (QED) is 0.242. The molecule has 1 amide bonds. The summed E-state index contributed by atoms with van der Waals surface area (Å²) in [5.41, 5.74) is 2.14. The number of carbonyl (C=O) groups is 2. The predicted molar refractivity (Wildman–Crippen MR) is 161 cm³/mol. The molecule has 0 N–H and O–H groups in total. The Morgan fingerprint density at radius 3 is 2.45 bits per heavy atom. The zero-order valence-electron chi connectivity index (χ0n) is 24.3. The summed E-state index contributed by atoms with van der Waals surface area (Å²) >= 11 is 0. The normalized spacial score (nSPS) is 17.1. The maximum absolute atomic E-state index is 16.0. The molecule has 0 radical (unpaired) electrons. The van der Waals surface area contributed by atoms with Gasteiger partial charge in [-0.25, -0.2) is 18.7 Å². The highest BCUT2D eigenvalue weighted by Gasteiger charge is 2.34. The van der Waals surface area contributed by atoms with Crippen molar-refractivity contribution in [1.29, 1.82) is 0 Å². The van der Waals surface area contributed by atoms with Crippen LogP contribution in [0.3, 0.4) is 0 Å². The largest absolute Gasteiger partial charge is 0.355 e. The Morgan fingerprint density at radius 2 is 1.81 bits per heavy atom. The van der Waals surface area contributed by atoms with Crippen LogP contribution in [0.1, 0.15) is 55.2 Å². The fraction of sp³-hybridized carbons (Fsp3) is 0.312. The first-order chi connectivity index (χ1) is 20.1. The molecule has 9 nitrogen and oxygen atoms in total. The zero-order chi connectivity index (χ0) is 30.3. The van der Waals surface area contributed by atoms with Crippen molar-refractivity contribution in [2.75, 3.05) is 18.0 Å².